The first-order valence-electron chi connectivity index (χ1n) is 43.1. The zero-order valence-corrected chi connectivity index (χ0v) is 76.3. The van der Waals surface area contributed by atoms with E-state index >= 15 is 0 Å². The minimum Gasteiger partial charge on any atom is -0.500 e. The molecule has 0 bridgehead atoms. The number of pyridine rings is 3. The first kappa shape index (κ1) is 97.3. The monoisotopic (exact) mass is 1750 g/mol. The minimum absolute atomic E-state index is 0.00370. The Morgan fingerprint density at radius 2 is 1.61 bits per heavy atom. The average molecular weight is 1750 g/mol. The van der Waals surface area contributed by atoms with Crippen LogP contribution in [0.15, 0.2) is 249 Å². The van der Waals surface area contributed by atoms with Crippen LogP contribution in [0.2, 0.25) is 5.02 Å². The summed E-state index contributed by atoms with van der Waals surface area (Å²) in [6, 6.07) is 18.7. The molecule has 3 aromatic heterocycles. The van der Waals surface area contributed by atoms with Gasteiger partial charge < -0.3 is 48.6 Å². The highest BCUT2D eigenvalue weighted by atomic mass is 35.5. The number of benzene rings is 2. The van der Waals surface area contributed by atoms with Gasteiger partial charge in [0.15, 0.2) is 40.3 Å². The molecule has 0 saturated carbocycles. The number of Topliss-reactive ketones (excluding diaryl/α,β-unsaturated/α-hetero) is 4. The van der Waals surface area contributed by atoms with Gasteiger partial charge in [0, 0.05) is 120 Å². The Balaban J connectivity index is 0.000000168. The molecule has 24 heteroatoms. The lowest BCUT2D eigenvalue weighted by atomic mass is 9.68. The van der Waals surface area contributed by atoms with Gasteiger partial charge in [-0.25, -0.2) is 0 Å². The van der Waals surface area contributed by atoms with Crippen molar-refractivity contribution in [1.82, 2.24) is 24.8 Å². The number of aliphatic hydroxyl groups excluding tert-OH is 1. The standard InChI is InChI=1S/C31H30ClN5O3.C20H28O3.C17H18O3.C14H16O3.2C11H11NO2/c1-4-39-30-17-28-26(15-21(30)14-25(38)9-7-13-37(2)3)31(22(18-33)19-35-28)36-23-10-11-29(27(32)16-23)40-20-24-8-5-6-12-34-24;1-15(2)7-5-8-16(3)9-6-10-18(14-21)11-12-19-13-17(4)23-20(19)22;1-10-5-11(2)17(15(19)6-10)16-8-13-7-14(18)4-3-12(13)9-20-16;1-8-11-7-9-5-3-4-6-10(9)12(15)14(11,2)17-13(8)16;1-7-3-8-4-9(13)5-11(14-2)10(8)6-12-7;1-7-3-8-4-9(13)5-11(14)10(8)6-12(7)2/h5-12,15-17,19H,4,13-14,20H2,1-3H3,(H,35,36);7,9,11,13-14,20,22H,4-6,8,10,12H2,1-3H3;7-10H,3-6H2,1-2H3;3,5,8,11H,4,6-7H2,1-2H3;2*3-4,6H,5H2,1-2H3/b9-7+;16-9+,18-11+;;;;. The summed E-state index contributed by atoms with van der Waals surface area (Å²) in [5.74, 6) is 3.05. The summed E-state index contributed by atoms with van der Waals surface area (Å²) in [6.45, 7) is 24.9. The van der Waals surface area contributed by atoms with E-state index in [1.54, 1.807) is 87.5 Å². The molecule has 0 spiro atoms. The summed E-state index contributed by atoms with van der Waals surface area (Å²) in [6.07, 6.45) is 42.5. The van der Waals surface area contributed by atoms with Crippen LogP contribution >= 0.6 is 11.6 Å². The maximum absolute atomic E-state index is 12.7. The lowest BCUT2D eigenvalue weighted by molar-refractivity contribution is -0.157. The first-order valence-corrected chi connectivity index (χ1v) is 43.5. The highest BCUT2D eigenvalue weighted by Crippen LogP contribution is 2.49. The molecule has 5 atom stereocenters. The van der Waals surface area contributed by atoms with E-state index in [4.69, 9.17) is 40.0 Å². The van der Waals surface area contributed by atoms with Crippen LogP contribution in [0.4, 0.5) is 11.4 Å². The topological polar surface area (TPSA) is 310 Å². The molecule has 5 aromatic rings. The molecule has 1 saturated heterocycles. The van der Waals surface area contributed by atoms with Crippen molar-refractivity contribution < 1.29 is 76.7 Å². The molecule has 0 amide bonds. The van der Waals surface area contributed by atoms with Crippen molar-refractivity contribution in [2.45, 2.75) is 184 Å². The number of carbonyl (C=O) groups excluding carboxylic acids is 9. The van der Waals surface area contributed by atoms with Gasteiger partial charge in [-0.15, -0.1) is 0 Å². The van der Waals surface area contributed by atoms with Crippen LogP contribution in [0.3, 0.4) is 0 Å². The Bertz CT molecular complexity index is 5870. The van der Waals surface area contributed by atoms with Gasteiger partial charge in [-0.05, 0) is 258 Å². The van der Waals surface area contributed by atoms with Gasteiger partial charge in [-0.1, -0.05) is 91.3 Å². The second kappa shape index (κ2) is 45.5. The maximum Gasteiger partial charge on any atom is 0.310 e. The molecule has 2 N–H and O–H groups in total. The summed E-state index contributed by atoms with van der Waals surface area (Å²) in [7, 11) is 7.35. The number of likely N-dealkylation sites (N-methyl/N-ethyl adjacent to an activating group) is 1. The molecule has 6 aliphatic carbocycles. The Hall–Kier alpha value is -12.9. The molecule has 15 rings (SSSR count). The smallest absolute Gasteiger partial charge is 0.310 e. The van der Waals surface area contributed by atoms with E-state index in [-0.39, 0.29) is 77.7 Å². The van der Waals surface area contributed by atoms with E-state index in [9.17, 15) is 53.5 Å². The van der Waals surface area contributed by atoms with E-state index in [0.717, 1.165) is 130 Å². The van der Waals surface area contributed by atoms with E-state index in [1.165, 1.54) is 17.3 Å². The van der Waals surface area contributed by atoms with Gasteiger partial charge in [0.2, 0.25) is 12.1 Å². The number of anilines is 2. The third-order valence-corrected chi connectivity index (χ3v) is 23.2. The molecule has 2 aromatic carbocycles. The minimum atomic E-state index is -0.927. The third-order valence-electron chi connectivity index (χ3n) is 22.9. The van der Waals surface area contributed by atoms with Crippen molar-refractivity contribution >= 4 is 98.5 Å². The average Bonchev–Trinajstić information content (AvgIpc) is 1.54. The number of aldehydes is 1. The number of fused-ring (bicyclic) bond motifs is 5. The number of aryl methyl sites for hydroxylation is 1. The van der Waals surface area contributed by atoms with Crippen LogP contribution in [0.1, 0.15) is 175 Å². The van der Waals surface area contributed by atoms with Gasteiger partial charge in [0.25, 0.3) is 0 Å². The van der Waals surface area contributed by atoms with Gasteiger partial charge >= 0.3 is 5.97 Å². The van der Waals surface area contributed by atoms with Crippen LogP contribution in [0, 0.1) is 36.0 Å². The molecule has 128 heavy (non-hydrogen) atoms. The number of esters is 1. The van der Waals surface area contributed by atoms with Crippen LogP contribution in [0.25, 0.3) is 22.7 Å². The Morgan fingerprint density at radius 1 is 0.844 bits per heavy atom. The second-order valence-corrected chi connectivity index (χ2v) is 34.1. The largest absolute Gasteiger partial charge is 0.500 e. The molecule has 23 nitrogen and oxygen atoms in total. The number of hydrogen-bond donors (Lipinski definition) is 2. The number of nitriles is 1. The first-order chi connectivity index (χ1) is 61.1. The number of ketones is 7. The highest BCUT2D eigenvalue weighted by Gasteiger charge is 2.58. The van der Waals surface area contributed by atoms with Crippen LogP contribution in [-0.2, 0) is 75.1 Å². The van der Waals surface area contributed by atoms with E-state index in [1.807, 2.05) is 132 Å². The number of aliphatic hydroxyl groups is 1. The van der Waals surface area contributed by atoms with Crippen LogP contribution in [-0.4, -0.2) is 136 Å². The summed E-state index contributed by atoms with van der Waals surface area (Å²) in [4.78, 5) is 123. The summed E-state index contributed by atoms with van der Waals surface area (Å²) in [5.41, 5.74) is 16.1. The molecule has 1 fully saturated rings. The van der Waals surface area contributed by atoms with Gasteiger partial charge in [-0.3, -0.25) is 58.1 Å². The lowest BCUT2D eigenvalue weighted by Crippen LogP contribution is -2.46. The number of carbonyl (C=O) groups is 9. The van der Waals surface area contributed by atoms with Gasteiger partial charge in [0.1, 0.15) is 47.7 Å². The van der Waals surface area contributed by atoms with Gasteiger partial charge in [0.05, 0.1) is 71.8 Å². The highest BCUT2D eigenvalue weighted by molar-refractivity contribution is 6.32. The zero-order valence-electron chi connectivity index (χ0n) is 75.5. The van der Waals surface area contributed by atoms with E-state index in [2.05, 4.69) is 78.8 Å². The molecular weight excluding hydrogens is 1640 g/mol. The number of nitrogens with zero attached hydrogens (tertiary/aromatic N) is 6. The summed E-state index contributed by atoms with van der Waals surface area (Å²) >= 11 is 6.53. The number of methoxy groups -OCH3 is 1. The van der Waals surface area contributed by atoms with Crippen molar-refractivity contribution in [2.24, 2.45) is 17.8 Å². The van der Waals surface area contributed by atoms with Gasteiger partial charge in [-0.2, -0.15) is 5.26 Å². The molecule has 10 aliphatic rings. The SMILES string of the molecule is C=C1C=C(C/C=C(/C=O)CC/C=C(\C)CCC=C(C)C)C(O)O1.CC1=C(C2=CC3=CC(=O)CCC3=CO2)C(=O)CC(C)C1.CC1=CC2=CC(=O)CC(=O)C2=CN1C.CC1C(=O)OC2(C)C(=O)C3=C(C=CCC3)CC12.CCOc1cc2ncc(C#N)c(Nc3ccc(OCc4ccccn4)c(Cl)c3)c2cc1CC(=O)/C=C/CN(C)C.COC1=c2cnc(C)cc2=CC(=O)C1. The Morgan fingerprint density at radius 3 is 2.30 bits per heavy atom. The van der Waals surface area contributed by atoms with Crippen molar-refractivity contribution in [3.63, 3.8) is 0 Å². The van der Waals surface area contributed by atoms with E-state index < -0.39 is 11.9 Å². The number of halogens is 1. The molecule has 668 valence electrons. The van der Waals surface area contributed by atoms with Crippen molar-refractivity contribution in [2.75, 3.05) is 46.7 Å². The number of nitrogens with one attached hydrogen (secondary N) is 1. The molecular formula is C104H114ClN7O16. The summed E-state index contributed by atoms with van der Waals surface area (Å²) in [5, 5.41) is 25.7. The fourth-order valence-corrected chi connectivity index (χ4v) is 16.2. The van der Waals surface area contributed by atoms with Crippen molar-refractivity contribution in [3.8, 4) is 17.6 Å². The van der Waals surface area contributed by atoms with Crippen LogP contribution < -0.4 is 25.2 Å². The Kier molecular flexibility index (Phi) is 34.6. The fraction of sp³-hybridized carbons (Fsp3) is 0.356. The molecule has 7 heterocycles. The quantitative estimate of drug-likeness (QED) is 0.0202. The zero-order chi connectivity index (χ0) is 92.6. The Labute approximate surface area is 754 Å². The third kappa shape index (κ3) is 26.2. The lowest BCUT2D eigenvalue weighted by Gasteiger charge is -2.36. The number of aromatic nitrogens is 3. The maximum atomic E-state index is 12.7. The number of allylic oxidation sites excluding steroid dienone is 22. The second-order valence-electron chi connectivity index (χ2n) is 33.7. The predicted molar refractivity (Wildman–Crippen MR) is 495 cm³/mol. The van der Waals surface area contributed by atoms with Crippen molar-refractivity contribution in [3.05, 3.63) is 287 Å². The fourth-order valence-electron chi connectivity index (χ4n) is 16.0. The number of hydrogen-bond acceptors (Lipinski definition) is 23. The normalized spacial score (nSPS) is 20.2. The van der Waals surface area contributed by atoms with E-state index in [0.29, 0.717) is 130 Å². The molecule has 4 aliphatic heterocycles. The summed E-state index contributed by atoms with van der Waals surface area (Å²) < 4.78 is 32.9. The van der Waals surface area contributed by atoms with Crippen LogP contribution in [0.5, 0.6) is 11.5 Å². The predicted octanol–water partition coefficient (Wildman–Crippen LogP) is 17.5. The number of rotatable bonds is 23. The molecule has 0 radical (unpaired) electrons. The number of ether oxygens (including phenoxy) is 6. The molecule has 5 unspecified atom stereocenters. The van der Waals surface area contributed by atoms with Crippen molar-refractivity contribution in [1.29, 1.82) is 5.26 Å².